The average Bonchev–Trinajstić information content (AvgIpc) is 2.32. The molecule has 0 atom stereocenters. The summed E-state index contributed by atoms with van der Waals surface area (Å²) in [6.07, 6.45) is 0. The van der Waals surface area contributed by atoms with Gasteiger partial charge in [-0.25, -0.2) is 0 Å². The fraction of sp³-hybridized carbons (Fsp3) is 0.182. The van der Waals surface area contributed by atoms with Gasteiger partial charge in [0.2, 0.25) is 0 Å². The summed E-state index contributed by atoms with van der Waals surface area (Å²) >= 11 is 11.3. The van der Waals surface area contributed by atoms with Crippen LogP contribution in [0.25, 0.3) is 0 Å². The second kappa shape index (κ2) is 4.85. The number of rotatable bonds is 2. The van der Waals surface area contributed by atoms with Crippen LogP contribution >= 0.6 is 23.2 Å². The van der Waals surface area contributed by atoms with Crippen molar-refractivity contribution in [2.75, 3.05) is 23.8 Å². The number of hydrogen-bond donors (Lipinski definition) is 1. The van der Waals surface area contributed by atoms with Crippen molar-refractivity contribution in [2.24, 2.45) is 0 Å². The van der Waals surface area contributed by atoms with E-state index in [1.165, 1.54) is 10.4 Å². The summed E-state index contributed by atoms with van der Waals surface area (Å²) in [5, 5.41) is 0.371. The smallest absolute Gasteiger partial charge is 0.265 e. The lowest BCUT2D eigenvalue weighted by Crippen LogP contribution is -2.39. The van der Waals surface area contributed by atoms with Crippen molar-refractivity contribution in [3.63, 3.8) is 0 Å². The van der Waals surface area contributed by atoms with Gasteiger partial charge in [0.1, 0.15) is 5.75 Å². The molecule has 0 saturated heterocycles. The van der Waals surface area contributed by atoms with E-state index in [4.69, 9.17) is 33.7 Å². The van der Waals surface area contributed by atoms with Crippen LogP contribution in [0.2, 0.25) is 0 Å². The molecule has 0 bridgehead atoms. The zero-order valence-corrected chi connectivity index (χ0v) is 10.3. The predicted molar refractivity (Wildman–Crippen MR) is 68.5 cm³/mol. The van der Waals surface area contributed by atoms with E-state index in [9.17, 15) is 4.79 Å². The highest BCUT2D eigenvalue weighted by Crippen LogP contribution is 2.34. The normalized spacial score (nSPS) is 15.5. The van der Waals surface area contributed by atoms with Crippen LogP contribution in [0.15, 0.2) is 28.8 Å². The highest BCUT2D eigenvalue weighted by molar-refractivity contribution is 6.37. The molecule has 0 fully saturated rings. The summed E-state index contributed by atoms with van der Waals surface area (Å²) in [6, 6.07) is 5.11. The Morgan fingerprint density at radius 2 is 2.35 bits per heavy atom. The third kappa shape index (κ3) is 2.48. The summed E-state index contributed by atoms with van der Waals surface area (Å²) in [7, 11) is 0. The molecule has 1 aliphatic rings. The number of halogens is 2. The Hall–Kier alpha value is -1.39. The maximum Gasteiger partial charge on any atom is 0.265 e. The Balaban J connectivity index is 2.38. The third-order valence-corrected chi connectivity index (χ3v) is 2.96. The summed E-state index contributed by atoms with van der Waals surface area (Å²) in [5.74, 6) is 0.428. The van der Waals surface area contributed by atoms with Gasteiger partial charge in [0, 0.05) is 16.3 Å². The van der Waals surface area contributed by atoms with Gasteiger partial charge in [-0.3, -0.25) is 4.79 Å². The molecule has 0 saturated carbocycles. The minimum atomic E-state index is -0.181. The van der Waals surface area contributed by atoms with E-state index in [0.717, 1.165) is 0 Å². The van der Waals surface area contributed by atoms with Crippen LogP contribution < -0.4 is 15.4 Å². The van der Waals surface area contributed by atoms with E-state index in [0.29, 0.717) is 22.2 Å². The van der Waals surface area contributed by atoms with E-state index < -0.39 is 0 Å². The van der Waals surface area contributed by atoms with Crippen LogP contribution in [0.4, 0.5) is 11.4 Å². The van der Waals surface area contributed by atoms with Crippen LogP contribution in [0, 0.1) is 0 Å². The van der Waals surface area contributed by atoms with Crippen LogP contribution in [-0.4, -0.2) is 19.1 Å². The van der Waals surface area contributed by atoms with E-state index in [1.807, 2.05) is 0 Å². The molecule has 0 aromatic heterocycles. The number of carbonyl (C=O) groups is 1. The van der Waals surface area contributed by atoms with E-state index in [-0.39, 0.29) is 19.1 Å². The standard InChI is InChI=1S/C11H10Cl2N2O2/c12-4-7(13)5-15-9-3-8(14)1-2-10(9)17-6-11(15)16/h1-4H,5-6,14H2/b7-4+. The Labute approximate surface area is 109 Å². The summed E-state index contributed by atoms with van der Waals surface area (Å²) in [4.78, 5) is 13.2. The SMILES string of the molecule is Nc1ccc2c(c1)N(C/C(Cl)=C\Cl)C(=O)CO2. The second-order valence-corrected chi connectivity index (χ2v) is 4.26. The second-order valence-electron chi connectivity index (χ2n) is 3.55. The van der Waals surface area contributed by atoms with Crippen LogP contribution in [0.1, 0.15) is 0 Å². The predicted octanol–water partition coefficient (Wildman–Crippen LogP) is 2.31. The number of ether oxygens (including phenoxy) is 1. The number of fused-ring (bicyclic) bond motifs is 1. The third-order valence-electron chi connectivity index (χ3n) is 2.35. The molecule has 0 radical (unpaired) electrons. The molecular weight excluding hydrogens is 263 g/mol. The first-order chi connectivity index (χ1) is 8.11. The molecule has 1 aliphatic heterocycles. The van der Waals surface area contributed by atoms with Crippen molar-refractivity contribution in [2.45, 2.75) is 0 Å². The first-order valence-corrected chi connectivity index (χ1v) is 5.70. The van der Waals surface area contributed by atoms with Crippen molar-refractivity contribution in [1.29, 1.82) is 0 Å². The molecule has 0 unspecified atom stereocenters. The summed E-state index contributed by atoms with van der Waals surface area (Å²) < 4.78 is 5.29. The number of nitrogens with zero attached hydrogens (tertiary/aromatic N) is 1. The van der Waals surface area contributed by atoms with Gasteiger partial charge in [-0.05, 0) is 18.2 Å². The zero-order chi connectivity index (χ0) is 12.4. The number of hydrogen-bond acceptors (Lipinski definition) is 3. The molecule has 6 heteroatoms. The Bertz CT molecular complexity index is 488. The van der Waals surface area contributed by atoms with E-state index in [2.05, 4.69) is 0 Å². The number of nitrogen functional groups attached to an aromatic ring is 1. The maximum absolute atomic E-state index is 11.8. The molecule has 2 N–H and O–H groups in total. The zero-order valence-electron chi connectivity index (χ0n) is 8.82. The van der Waals surface area contributed by atoms with Gasteiger partial charge in [-0.15, -0.1) is 0 Å². The molecule has 1 heterocycles. The molecule has 90 valence electrons. The molecular formula is C11H10Cl2N2O2. The first-order valence-electron chi connectivity index (χ1n) is 4.89. The molecule has 0 aliphatic carbocycles. The molecule has 1 aromatic carbocycles. The number of nitrogens with two attached hydrogens (primary N) is 1. The van der Waals surface area contributed by atoms with Crippen LogP contribution in [-0.2, 0) is 4.79 Å². The molecule has 1 amide bonds. The molecule has 1 aromatic rings. The van der Waals surface area contributed by atoms with Gasteiger partial charge in [-0.2, -0.15) is 0 Å². The Morgan fingerprint density at radius 3 is 3.06 bits per heavy atom. The van der Waals surface area contributed by atoms with Crippen molar-refractivity contribution in [3.8, 4) is 5.75 Å². The van der Waals surface area contributed by atoms with Gasteiger partial charge < -0.3 is 15.4 Å². The fourth-order valence-electron chi connectivity index (χ4n) is 1.58. The summed E-state index contributed by atoms with van der Waals surface area (Å²) in [6.45, 7) is 0.201. The van der Waals surface area contributed by atoms with Gasteiger partial charge >= 0.3 is 0 Å². The highest BCUT2D eigenvalue weighted by Gasteiger charge is 2.25. The van der Waals surface area contributed by atoms with Gasteiger partial charge in [0.05, 0.1) is 12.2 Å². The maximum atomic E-state index is 11.8. The number of benzene rings is 1. The van der Waals surface area contributed by atoms with E-state index in [1.54, 1.807) is 18.2 Å². The molecule has 4 nitrogen and oxygen atoms in total. The van der Waals surface area contributed by atoms with Crippen molar-refractivity contribution in [1.82, 2.24) is 0 Å². The first kappa shape index (κ1) is 12.1. The van der Waals surface area contributed by atoms with Gasteiger partial charge in [0.15, 0.2) is 6.61 Å². The average molecular weight is 273 g/mol. The van der Waals surface area contributed by atoms with Crippen molar-refractivity contribution < 1.29 is 9.53 Å². The van der Waals surface area contributed by atoms with Gasteiger partial charge in [0.25, 0.3) is 5.91 Å². The summed E-state index contributed by atoms with van der Waals surface area (Å²) in [5.41, 5.74) is 8.08. The number of anilines is 2. The van der Waals surface area contributed by atoms with Crippen LogP contribution in [0.5, 0.6) is 5.75 Å². The quantitative estimate of drug-likeness (QED) is 0.841. The highest BCUT2D eigenvalue weighted by atomic mass is 35.5. The molecule has 0 spiro atoms. The van der Waals surface area contributed by atoms with E-state index >= 15 is 0 Å². The van der Waals surface area contributed by atoms with Crippen molar-refractivity contribution >= 4 is 40.5 Å². The number of amides is 1. The van der Waals surface area contributed by atoms with Crippen molar-refractivity contribution in [3.05, 3.63) is 28.8 Å². The monoisotopic (exact) mass is 272 g/mol. The minimum Gasteiger partial charge on any atom is -0.482 e. The number of carbonyl (C=O) groups excluding carboxylic acids is 1. The minimum absolute atomic E-state index is 0.0105. The lowest BCUT2D eigenvalue weighted by molar-refractivity contribution is -0.121. The lowest BCUT2D eigenvalue weighted by Gasteiger charge is -2.29. The Morgan fingerprint density at radius 1 is 1.59 bits per heavy atom. The lowest BCUT2D eigenvalue weighted by atomic mass is 10.2. The fourth-order valence-corrected chi connectivity index (χ4v) is 1.77. The Kier molecular flexibility index (Phi) is 3.45. The van der Waals surface area contributed by atoms with Gasteiger partial charge in [-0.1, -0.05) is 23.2 Å². The molecule has 17 heavy (non-hydrogen) atoms. The topological polar surface area (TPSA) is 55.6 Å². The van der Waals surface area contributed by atoms with Crippen LogP contribution in [0.3, 0.4) is 0 Å². The molecule has 2 rings (SSSR count). The largest absolute Gasteiger partial charge is 0.482 e.